The summed E-state index contributed by atoms with van der Waals surface area (Å²) in [7, 11) is 0. The SMILES string of the molecule is Nc1ccnc(Cl)n1.Nc1ccnc(OC2CCOCC2)n1. The van der Waals surface area contributed by atoms with Crippen LogP contribution in [0.15, 0.2) is 24.5 Å². The maximum atomic E-state index is 5.55. The molecule has 0 amide bonds. The summed E-state index contributed by atoms with van der Waals surface area (Å²) in [6.07, 6.45) is 5.03. The highest BCUT2D eigenvalue weighted by Crippen LogP contribution is 2.14. The van der Waals surface area contributed by atoms with Gasteiger partial charge in [0.1, 0.15) is 17.7 Å². The first-order valence-electron chi connectivity index (χ1n) is 6.70. The lowest BCUT2D eigenvalue weighted by molar-refractivity contribution is 0.0218. The van der Waals surface area contributed by atoms with Crippen molar-refractivity contribution < 1.29 is 9.47 Å². The second-order valence-corrected chi connectivity index (χ2v) is 4.78. The van der Waals surface area contributed by atoms with E-state index in [0.717, 1.165) is 26.1 Å². The number of hydrogen-bond acceptors (Lipinski definition) is 8. The van der Waals surface area contributed by atoms with Gasteiger partial charge in [-0.05, 0) is 23.7 Å². The van der Waals surface area contributed by atoms with Crippen LogP contribution in [0.5, 0.6) is 6.01 Å². The van der Waals surface area contributed by atoms with E-state index in [2.05, 4.69) is 19.9 Å². The molecule has 0 unspecified atom stereocenters. The Labute approximate surface area is 132 Å². The third-order valence-corrected chi connectivity index (χ3v) is 2.93. The Morgan fingerprint density at radius 1 is 1.05 bits per heavy atom. The van der Waals surface area contributed by atoms with Crippen LogP contribution in [0.1, 0.15) is 12.8 Å². The lowest BCUT2D eigenvalue weighted by Gasteiger charge is -2.21. The maximum absolute atomic E-state index is 5.55. The van der Waals surface area contributed by atoms with Crippen molar-refractivity contribution in [3.8, 4) is 6.01 Å². The number of hydrogen-bond donors (Lipinski definition) is 2. The van der Waals surface area contributed by atoms with Crippen molar-refractivity contribution in [1.29, 1.82) is 0 Å². The van der Waals surface area contributed by atoms with Crippen molar-refractivity contribution in [2.45, 2.75) is 18.9 Å². The molecular formula is C13H17ClN6O2. The van der Waals surface area contributed by atoms with Crippen LogP contribution in [0.2, 0.25) is 5.28 Å². The predicted molar refractivity (Wildman–Crippen MR) is 82.4 cm³/mol. The third-order valence-electron chi connectivity index (χ3n) is 2.74. The molecule has 0 atom stereocenters. The predicted octanol–water partition coefficient (Wildman–Crippen LogP) is 1.33. The van der Waals surface area contributed by atoms with Crippen LogP contribution in [-0.2, 0) is 4.74 Å². The number of anilines is 2. The van der Waals surface area contributed by atoms with Gasteiger partial charge in [0.2, 0.25) is 5.28 Å². The van der Waals surface area contributed by atoms with Gasteiger partial charge in [0, 0.05) is 25.2 Å². The summed E-state index contributed by atoms with van der Waals surface area (Å²) >= 11 is 5.34. The van der Waals surface area contributed by atoms with E-state index >= 15 is 0 Å². The molecule has 0 radical (unpaired) electrons. The molecule has 1 aliphatic heterocycles. The normalized spacial score (nSPS) is 14.8. The lowest BCUT2D eigenvalue weighted by atomic mass is 10.2. The van der Waals surface area contributed by atoms with Crippen molar-refractivity contribution in [1.82, 2.24) is 19.9 Å². The molecular weight excluding hydrogens is 308 g/mol. The standard InChI is InChI=1S/C9H13N3O2.C4H4ClN3/c10-8-1-4-11-9(12-8)14-7-2-5-13-6-3-7;5-4-7-2-1-3(6)8-4/h1,4,7H,2-3,5-6H2,(H2,10,11,12);1-2H,(H2,6,7,8). The molecule has 1 saturated heterocycles. The summed E-state index contributed by atoms with van der Waals surface area (Å²) in [5, 5.41) is 0.185. The number of nitrogens with zero attached hydrogens (tertiary/aromatic N) is 4. The minimum Gasteiger partial charge on any atom is -0.460 e. The molecule has 0 aliphatic carbocycles. The van der Waals surface area contributed by atoms with Gasteiger partial charge in [-0.1, -0.05) is 0 Å². The number of nitrogens with two attached hydrogens (primary N) is 2. The Bertz CT molecular complexity index is 577. The summed E-state index contributed by atoms with van der Waals surface area (Å²) in [6, 6.07) is 3.57. The maximum Gasteiger partial charge on any atom is 0.318 e. The first-order valence-corrected chi connectivity index (χ1v) is 7.08. The van der Waals surface area contributed by atoms with Crippen LogP contribution in [-0.4, -0.2) is 39.3 Å². The molecule has 3 heterocycles. The first kappa shape index (κ1) is 16.2. The van der Waals surface area contributed by atoms with E-state index in [0.29, 0.717) is 17.6 Å². The zero-order valence-electron chi connectivity index (χ0n) is 11.9. The Morgan fingerprint density at radius 3 is 2.23 bits per heavy atom. The van der Waals surface area contributed by atoms with Gasteiger partial charge in [-0.15, -0.1) is 0 Å². The van der Waals surface area contributed by atoms with Gasteiger partial charge < -0.3 is 20.9 Å². The summed E-state index contributed by atoms with van der Waals surface area (Å²) < 4.78 is 10.8. The Morgan fingerprint density at radius 2 is 1.68 bits per heavy atom. The molecule has 3 rings (SSSR count). The van der Waals surface area contributed by atoms with Crippen LogP contribution < -0.4 is 16.2 Å². The van der Waals surface area contributed by atoms with Gasteiger partial charge in [0.15, 0.2) is 0 Å². The zero-order chi connectivity index (χ0) is 15.8. The second-order valence-electron chi connectivity index (χ2n) is 4.44. The molecule has 22 heavy (non-hydrogen) atoms. The van der Waals surface area contributed by atoms with Crippen molar-refractivity contribution in [3.63, 3.8) is 0 Å². The van der Waals surface area contributed by atoms with E-state index in [4.69, 9.17) is 32.5 Å². The van der Waals surface area contributed by atoms with Crippen LogP contribution >= 0.6 is 11.6 Å². The van der Waals surface area contributed by atoms with Crippen LogP contribution in [0.3, 0.4) is 0 Å². The summed E-state index contributed by atoms with van der Waals surface area (Å²) in [5.41, 5.74) is 10.7. The average molecular weight is 325 g/mol. The van der Waals surface area contributed by atoms with Crippen LogP contribution in [0.4, 0.5) is 11.6 Å². The molecule has 0 aromatic carbocycles. The Hall–Kier alpha value is -2.19. The fourth-order valence-corrected chi connectivity index (χ4v) is 1.86. The van der Waals surface area contributed by atoms with Crippen LogP contribution in [0, 0.1) is 0 Å². The first-order chi connectivity index (χ1) is 10.6. The number of rotatable bonds is 2. The monoisotopic (exact) mass is 324 g/mol. The summed E-state index contributed by atoms with van der Waals surface area (Å²) in [6.45, 7) is 1.49. The van der Waals surface area contributed by atoms with Crippen molar-refractivity contribution in [3.05, 3.63) is 29.8 Å². The van der Waals surface area contributed by atoms with E-state index in [1.807, 2.05) is 0 Å². The van der Waals surface area contributed by atoms with Crippen LogP contribution in [0.25, 0.3) is 0 Å². The van der Waals surface area contributed by atoms with E-state index in [-0.39, 0.29) is 11.4 Å². The topological polar surface area (TPSA) is 122 Å². The minimum atomic E-state index is 0.158. The highest BCUT2D eigenvalue weighted by atomic mass is 35.5. The highest BCUT2D eigenvalue weighted by Gasteiger charge is 2.16. The number of aromatic nitrogens is 4. The minimum absolute atomic E-state index is 0.158. The fourth-order valence-electron chi connectivity index (χ4n) is 1.70. The summed E-state index contributed by atoms with van der Waals surface area (Å²) in [4.78, 5) is 15.2. The lowest BCUT2D eigenvalue weighted by Crippen LogP contribution is -2.26. The molecule has 2 aromatic rings. The molecule has 4 N–H and O–H groups in total. The molecule has 118 valence electrons. The average Bonchev–Trinajstić information content (AvgIpc) is 2.49. The van der Waals surface area contributed by atoms with Crippen molar-refractivity contribution >= 4 is 23.2 Å². The Balaban J connectivity index is 0.000000188. The van der Waals surface area contributed by atoms with E-state index in [9.17, 15) is 0 Å². The van der Waals surface area contributed by atoms with Gasteiger partial charge in [-0.2, -0.15) is 4.98 Å². The molecule has 1 fully saturated rings. The van der Waals surface area contributed by atoms with Gasteiger partial charge in [-0.25, -0.2) is 15.0 Å². The summed E-state index contributed by atoms with van der Waals surface area (Å²) in [5.74, 6) is 0.826. The quantitative estimate of drug-likeness (QED) is 0.793. The highest BCUT2D eigenvalue weighted by molar-refractivity contribution is 6.28. The fraction of sp³-hybridized carbons (Fsp3) is 0.385. The number of halogens is 1. The zero-order valence-corrected chi connectivity index (χ0v) is 12.6. The largest absolute Gasteiger partial charge is 0.460 e. The van der Waals surface area contributed by atoms with Crippen molar-refractivity contribution in [2.24, 2.45) is 0 Å². The molecule has 1 aliphatic rings. The Kier molecular flexibility index (Phi) is 6.11. The van der Waals surface area contributed by atoms with Gasteiger partial charge in [0.05, 0.1) is 13.2 Å². The van der Waals surface area contributed by atoms with Gasteiger partial charge >= 0.3 is 6.01 Å². The van der Waals surface area contributed by atoms with Gasteiger partial charge in [0.25, 0.3) is 0 Å². The van der Waals surface area contributed by atoms with Crippen molar-refractivity contribution in [2.75, 3.05) is 24.7 Å². The van der Waals surface area contributed by atoms with E-state index < -0.39 is 0 Å². The number of nitrogen functional groups attached to an aromatic ring is 2. The van der Waals surface area contributed by atoms with Gasteiger partial charge in [-0.3, -0.25) is 0 Å². The van der Waals surface area contributed by atoms with E-state index in [1.54, 1.807) is 18.3 Å². The smallest absolute Gasteiger partial charge is 0.318 e. The molecule has 0 bridgehead atoms. The second kappa shape index (κ2) is 8.30. The molecule has 2 aromatic heterocycles. The third kappa shape index (κ3) is 5.66. The molecule has 0 spiro atoms. The molecule has 9 heteroatoms. The van der Waals surface area contributed by atoms with E-state index in [1.165, 1.54) is 6.20 Å². The number of ether oxygens (including phenoxy) is 2. The molecule has 0 saturated carbocycles. The molecule has 8 nitrogen and oxygen atoms in total.